The van der Waals surface area contributed by atoms with Gasteiger partial charge in [-0.3, -0.25) is 0 Å². The third-order valence-corrected chi connectivity index (χ3v) is 4.96. The number of likely N-dealkylation sites (N-methyl/N-ethyl adjacent to an activating group) is 1. The van der Waals surface area contributed by atoms with Gasteiger partial charge in [0.15, 0.2) is 9.84 Å². The summed E-state index contributed by atoms with van der Waals surface area (Å²) in [4.78, 5) is 0.287. The van der Waals surface area contributed by atoms with Crippen molar-refractivity contribution >= 4 is 9.84 Å². The molecule has 5 nitrogen and oxygen atoms in total. The van der Waals surface area contributed by atoms with Crippen molar-refractivity contribution in [3.05, 3.63) is 24.3 Å². The molecule has 2 N–H and O–H groups in total. The van der Waals surface area contributed by atoms with Gasteiger partial charge in [-0.1, -0.05) is 6.92 Å². The van der Waals surface area contributed by atoms with Crippen LogP contribution < -0.4 is 10.1 Å². The zero-order valence-electron chi connectivity index (χ0n) is 12.9. The second-order valence-corrected chi connectivity index (χ2v) is 7.25. The summed E-state index contributed by atoms with van der Waals surface area (Å²) < 4.78 is 28.3. The van der Waals surface area contributed by atoms with Gasteiger partial charge in [0.2, 0.25) is 0 Å². The van der Waals surface area contributed by atoms with Crippen molar-refractivity contribution in [2.45, 2.75) is 36.6 Å². The van der Waals surface area contributed by atoms with Gasteiger partial charge in [-0.25, -0.2) is 8.42 Å². The van der Waals surface area contributed by atoms with Crippen LogP contribution in [0.15, 0.2) is 29.2 Å². The third-order valence-electron chi connectivity index (χ3n) is 3.83. The number of ether oxygens (including phenoxy) is 1. The van der Waals surface area contributed by atoms with E-state index in [1.54, 1.807) is 24.3 Å². The molecule has 0 amide bonds. The third kappa shape index (κ3) is 5.30. The topological polar surface area (TPSA) is 75.6 Å². The van der Waals surface area contributed by atoms with E-state index in [0.717, 1.165) is 19.3 Å². The van der Waals surface area contributed by atoms with Gasteiger partial charge in [0.1, 0.15) is 5.75 Å². The fourth-order valence-corrected chi connectivity index (χ4v) is 2.76. The summed E-state index contributed by atoms with van der Waals surface area (Å²) in [6, 6.07) is 6.41. The summed E-state index contributed by atoms with van der Waals surface area (Å²) in [5, 5.41) is 12.6. The number of benzene rings is 1. The van der Waals surface area contributed by atoms with Gasteiger partial charge in [-0.2, -0.15) is 0 Å². The van der Waals surface area contributed by atoms with E-state index in [0.29, 0.717) is 12.4 Å². The van der Waals surface area contributed by atoms with Crippen molar-refractivity contribution in [1.29, 1.82) is 0 Å². The fourth-order valence-electron chi connectivity index (χ4n) is 2.13. The second-order valence-electron chi connectivity index (χ2n) is 5.24. The Hall–Kier alpha value is -1.11. The number of nitrogens with one attached hydrogen (secondary N) is 1. The summed E-state index contributed by atoms with van der Waals surface area (Å²) in [5.41, 5.74) is -0.247. The van der Waals surface area contributed by atoms with E-state index >= 15 is 0 Å². The second kappa shape index (κ2) is 7.77. The SMILES string of the molecule is CCC(CO)(CCCOc1ccc(S(C)(=O)=O)cc1)NC. The zero-order valence-corrected chi connectivity index (χ0v) is 13.7. The van der Waals surface area contributed by atoms with Crippen molar-refractivity contribution in [2.24, 2.45) is 0 Å². The Kier molecular flexibility index (Phi) is 6.64. The lowest BCUT2D eigenvalue weighted by Gasteiger charge is -2.30. The Morgan fingerprint density at radius 3 is 2.33 bits per heavy atom. The summed E-state index contributed by atoms with van der Waals surface area (Å²) in [6.45, 7) is 2.67. The lowest BCUT2D eigenvalue weighted by Crippen LogP contribution is -2.46. The summed E-state index contributed by atoms with van der Waals surface area (Å²) in [7, 11) is -1.31. The maximum Gasteiger partial charge on any atom is 0.175 e. The molecule has 0 saturated heterocycles. The molecule has 1 aromatic rings. The Labute approximate surface area is 127 Å². The maximum absolute atomic E-state index is 11.3. The smallest absolute Gasteiger partial charge is 0.175 e. The van der Waals surface area contributed by atoms with Crippen LogP contribution in [0.4, 0.5) is 0 Å². The molecule has 0 aliphatic rings. The van der Waals surface area contributed by atoms with E-state index in [1.165, 1.54) is 6.26 Å². The zero-order chi connectivity index (χ0) is 15.9. The first-order valence-corrected chi connectivity index (χ1v) is 8.99. The highest BCUT2D eigenvalue weighted by molar-refractivity contribution is 7.90. The van der Waals surface area contributed by atoms with Crippen LogP contribution >= 0.6 is 0 Å². The minimum atomic E-state index is -3.17. The van der Waals surface area contributed by atoms with Crippen LogP contribution in [0.5, 0.6) is 5.75 Å². The summed E-state index contributed by atoms with van der Waals surface area (Å²) in [5.74, 6) is 0.651. The van der Waals surface area contributed by atoms with Crippen LogP contribution in [0.25, 0.3) is 0 Å². The Morgan fingerprint density at radius 2 is 1.90 bits per heavy atom. The van der Waals surface area contributed by atoms with Gasteiger partial charge in [0, 0.05) is 11.8 Å². The standard InChI is InChI=1S/C15H25NO4S/c1-4-15(12-17,16-2)10-5-11-20-13-6-8-14(9-7-13)21(3,18)19/h6-9,16-17H,4-5,10-12H2,1-3H3. The number of aliphatic hydroxyl groups is 1. The molecule has 0 fully saturated rings. The molecule has 6 heteroatoms. The molecule has 1 aromatic carbocycles. The molecule has 0 aromatic heterocycles. The molecular formula is C15H25NO4S. The minimum Gasteiger partial charge on any atom is -0.494 e. The van der Waals surface area contributed by atoms with Crippen LogP contribution in [-0.4, -0.2) is 45.6 Å². The Bertz CT molecular complexity index is 513. The predicted molar refractivity (Wildman–Crippen MR) is 83.4 cm³/mol. The Balaban J connectivity index is 2.46. The molecule has 0 heterocycles. The molecule has 120 valence electrons. The molecule has 21 heavy (non-hydrogen) atoms. The first-order chi connectivity index (χ1) is 9.87. The average molecular weight is 315 g/mol. The van der Waals surface area contributed by atoms with Crippen molar-refractivity contribution in [2.75, 3.05) is 26.5 Å². The highest BCUT2D eigenvalue weighted by Crippen LogP contribution is 2.19. The average Bonchev–Trinajstić information content (AvgIpc) is 2.48. The van der Waals surface area contributed by atoms with E-state index in [-0.39, 0.29) is 17.0 Å². The fraction of sp³-hybridized carbons (Fsp3) is 0.600. The van der Waals surface area contributed by atoms with Crippen LogP contribution in [0.2, 0.25) is 0 Å². The maximum atomic E-state index is 11.3. The highest BCUT2D eigenvalue weighted by Gasteiger charge is 2.24. The van der Waals surface area contributed by atoms with Crippen molar-refractivity contribution in [1.82, 2.24) is 5.32 Å². The van der Waals surface area contributed by atoms with E-state index < -0.39 is 9.84 Å². The van der Waals surface area contributed by atoms with Gasteiger partial charge in [0.05, 0.1) is 18.1 Å². The summed E-state index contributed by atoms with van der Waals surface area (Å²) in [6.07, 6.45) is 3.66. The number of aliphatic hydroxyl groups excluding tert-OH is 1. The van der Waals surface area contributed by atoms with Gasteiger partial charge < -0.3 is 15.2 Å². The molecular weight excluding hydrogens is 290 g/mol. The largest absolute Gasteiger partial charge is 0.494 e. The lowest BCUT2D eigenvalue weighted by molar-refractivity contribution is 0.145. The van der Waals surface area contributed by atoms with Crippen LogP contribution in [0.3, 0.4) is 0 Å². The van der Waals surface area contributed by atoms with Gasteiger partial charge in [-0.05, 0) is 50.6 Å². The molecule has 0 radical (unpaired) electrons. The molecule has 1 unspecified atom stereocenters. The van der Waals surface area contributed by atoms with Crippen LogP contribution in [0.1, 0.15) is 26.2 Å². The van der Waals surface area contributed by atoms with Gasteiger partial charge in [0.25, 0.3) is 0 Å². The molecule has 0 bridgehead atoms. The van der Waals surface area contributed by atoms with E-state index in [2.05, 4.69) is 5.32 Å². The normalized spacial score (nSPS) is 14.7. The van der Waals surface area contributed by atoms with Crippen molar-refractivity contribution < 1.29 is 18.3 Å². The molecule has 1 rings (SSSR count). The molecule has 0 saturated carbocycles. The quantitative estimate of drug-likeness (QED) is 0.677. The number of sulfone groups is 1. The first kappa shape index (κ1) is 17.9. The van der Waals surface area contributed by atoms with E-state index in [4.69, 9.17) is 4.74 Å². The first-order valence-electron chi connectivity index (χ1n) is 7.09. The van der Waals surface area contributed by atoms with Gasteiger partial charge in [-0.15, -0.1) is 0 Å². The van der Waals surface area contributed by atoms with Crippen molar-refractivity contribution in [3.8, 4) is 5.75 Å². The Morgan fingerprint density at radius 1 is 1.29 bits per heavy atom. The molecule has 0 aliphatic heterocycles. The minimum absolute atomic E-state index is 0.100. The number of hydrogen-bond donors (Lipinski definition) is 2. The monoisotopic (exact) mass is 315 g/mol. The van der Waals surface area contributed by atoms with Crippen LogP contribution in [-0.2, 0) is 9.84 Å². The van der Waals surface area contributed by atoms with Crippen LogP contribution in [0, 0.1) is 0 Å². The molecule has 0 aliphatic carbocycles. The number of hydrogen-bond acceptors (Lipinski definition) is 5. The van der Waals surface area contributed by atoms with E-state index in [1.807, 2.05) is 14.0 Å². The summed E-state index contributed by atoms with van der Waals surface area (Å²) >= 11 is 0. The highest BCUT2D eigenvalue weighted by atomic mass is 32.2. The van der Waals surface area contributed by atoms with E-state index in [9.17, 15) is 13.5 Å². The molecule has 1 atom stereocenters. The number of rotatable bonds is 9. The van der Waals surface area contributed by atoms with Gasteiger partial charge >= 0.3 is 0 Å². The van der Waals surface area contributed by atoms with Crippen molar-refractivity contribution in [3.63, 3.8) is 0 Å². The predicted octanol–water partition coefficient (Wildman–Crippen LogP) is 1.61. The molecule has 0 spiro atoms. The lowest BCUT2D eigenvalue weighted by atomic mass is 9.92.